The van der Waals surface area contributed by atoms with Crippen molar-refractivity contribution >= 4 is 38.8 Å². The van der Waals surface area contributed by atoms with Crippen molar-refractivity contribution in [3.63, 3.8) is 0 Å². The zero-order valence-corrected chi connectivity index (χ0v) is 17.9. The number of halogens is 1. The second-order valence-corrected chi connectivity index (χ2v) is 8.81. The molecule has 2 aliphatic rings. The number of nitrogens with zero attached hydrogens (tertiary/aromatic N) is 2. The molecule has 5 nitrogen and oxygen atoms in total. The molecular weight excluding hydrogens is 430 g/mol. The van der Waals surface area contributed by atoms with Crippen molar-refractivity contribution in [1.82, 2.24) is 14.8 Å². The highest BCUT2D eigenvalue weighted by Crippen LogP contribution is 2.44. The lowest BCUT2D eigenvalue weighted by atomic mass is 9.89. The van der Waals surface area contributed by atoms with E-state index < -0.39 is 6.04 Å². The van der Waals surface area contributed by atoms with Crippen LogP contribution in [-0.2, 0) is 11.2 Å². The molecule has 2 aliphatic heterocycles. The Morgan fingerprint density at radius 3 is 2.59 bits per heavy atom. The standard InChI is InChI=1S/C23H22BrN3O2/c1-3-13(2)26-22(28)19-12-17-16-6-4-5-7-18(16)25-20(17)21(27(19)23(26)29)14-8-10-15(24)11-9-14/h4-11,13,19,21,25H,3,12H2,1-2H3/t13?,19-,21+/m0/s1. The molecule has 5 rings (SSSR count). The SMILES string of the molecule is CCC(C)N1C(=O)[C@@H]2Cc3c([nH]c4ccccc34)[C@@H](c3ccc(Br)cc3)N2C1=O. The highest BCUT2D eigenvalue weighted by atomic mass is 79.9. The molecule has 1 saturated heterocycles. The fourth-order valence-corrected chi connectivity index (χ4v) is 4.94. The van der Waals surface area contributed by atoms with Crippen LogP contribution in [0, 0.1) is 0 Å². The van der Waals surface area contributed by atoms with E-state index in [1.807, 2.05) is 56.3 Å². The minimum Gasteiger partial charge on any atom is -0.356 e. The zero-order valence-electron chi connectivity index (χ0n) is 16.4. The van der Waals surface area contributed by atoms with E-state index in [-0.39, 0.29) is 24.0 Å². The second kappa shape index (κ2) is 6.73. The summed E-state index contributed by atoms with van der Waals surface area (Å²) in [5.74, 6) is -0.0811. The van der Waals surface area contributed by atoms with Gasteiger partial charge in [0.25, 0.3) is 5.91 Å². The number of fused-ring (bicyclic) bond motifs is 4. The van der Waals surface area contributed by atoms with Gasteiger partial charge in [-0.3, -0.25) is 14.6 Å². The first-order chi connectivity index (χ1) is 14.0. The van der Waals surface area contributed by atoms with Crippen molar-refractivity contribution in [2.24, 2.45) is 0 Å². The predicted octanol–water partition coefficient (Wildman–Crippen LogP) is 5.01. The van der Waals surface area contributed by atoms with Crippen molar-refractivity contribution < 1.29 is 9.59 Å². The van der Waals surface area contributed by atoms with Gasteiger partial charge in [-0.1, -0.05) is 53.2 Å². The molecule has 6 heteroatoms. The molecule has 3 amide bonds. The number of H-pyrrole nitrogens is 1. The van der Waals surface area contributed by atoms with Gasteiger partial charge in [-0.05, 0) is 42.7 Å². The van der Waals surface area contributed by atoms with Gasteiger partial charge in [-0.25, -0.2) is 4.79 Å². The van der Waals surface area contributed by atoms with Gasteiger partial charge in [-0.15, -0.1) is 0 Å². The smallest absolute Gasteiger partial charge is 0.328 e. The molecule has 0 aliphatic carbocycles. The maximum absolute atomic E-state index is 13.4. The van der Waals surface area contributed by atoms with E-state index in [0.29, 0.717) is 6.42 Å². The summed E-state index contributed by atoms with van der Waals surface area (Å²) in [5.41, 5.74) is 4.19. The van der Waals surface area contributed by atoms with E-state index in [4.69, 9.17) is 0 Å². The highest BCUT2D eigenvalue weighted by molar-refractivity contribution is 9.10. The van der Waals surface area contributed by atoms with Crippen LogP contribution < -0.4 is 0 Å². The van der Waals surface area contributed by atoms with Crippen LogP contribution in [-0.4, -0.2) is 38.8 Å². The van der Waals surface area contributed by atoms with Crippen LogP contribution >= 0.6 is 15.9 Å². The van der Waals surface area contributed by atoms with Crippen LogP contribution in [0.15, 0.2) is 53.0 Å². The van der Waals surface area contributed by atoms with Gasteiger partial charge in [0.1, 0.15) is 12.1 Å². The lowest BCUT2D eigenvalue weighted by Crippen LogP contribution is -2.44. The van der Waals surface area contributed by atoms with Crippen molar-refractivity contribution in [2.75, 3.05) is 0 Å². The van der Waals surface area contributed by atoms with Crippen molar-refractivity contribution in [1.29, 1.82) is 0 Å². The van der Waals surface area contributed by atoms with Crippen LogP contribution in [0.25, 0.3) is 10.9 Å². The quantitative estimate of drug-likeness (QED) is 0.569. The summed E-state index contributed by atoms with van der Waals surface area (Å²) in [5, 5.41) is 1.13. The van der Waals surface area contributed by atoms with Gasteiger partial charge in [0, 0.05) is 33.5 Å². The number of hydrogen-bond donors (Lipinski definition) is 1. The van der Waals surface area contributed by atoms with Gasteiger partial charge >= 0.3 is 6.03 Å². The van der Waals surface area contributed by atoms with E-state index in [0.717, 1.165) is 38.6 Å². The first-order valence-electron chi connectivity index (χ1n) is 10.0. The summed E-state index contributed by atoms with van der Waals surface area (Å²) in [6.45, 7) is 3.95. The van der Waals surface area contributed by atoms with E-state index in [1.165, 1.54) is 4.90 Å². The molecule has 29 heavy (non-hydrogen) atoms. The molecule has 1 N–H and O–H groups in total. The zero-order chi connectivity index (χ0) is 20.3. The van der Waals surface area contributed by atoms with Crippen LogP contribution in [0.3, 0.4) is 0 Å². The second-order valence-electron chi connectivity index (χ2n) is 7.89. The number of imide groups is 1. The van der Waals surface area contributed by atoms with Crippen LogP contribution in [0.1, 0.15) is 43.1 Å². The number of rotatable bonds is 3. The molecule has 148 valence electrons. The summed E-state index contributed by atoms with van der Waals surface area (Å²) in [6, 6.07) is 15.1. The number of benzene rings is 2. The molecule has 0 radical (unpaired) electrons. The van der Waals surface area contributed by atoms with Gasteiger partial charge in [-0.2, -0.15) is 0 Å². The number of urea groups is 1. The number of carbonyl (C=O) groups is 2. The summed E-state index contributed by atoms with van der Waals surface area (Å²) in [4.78, 5) is 33.5. The Morgan fingerprint density at radius 1 is 1.14 bits per heavy atom. The van der Waals surface area contributed by atoms with Crippen LogP contribution in [0.5, 0.6) is 0 Å². The largest absolute Gasteiger partial charge is 0.356 e. The van der Waals surface area contributed by atoms with E-state index in [9.17, 15) is 9.59 Å². The van der Waals surface area contributed by atoms with Gasteiger partial charge in [0.2, 0.25) is 0 Å². The highest BCUT2D eigenvalue weighted by Gasteiger charge is 2.53. The minimum atomic E-state index is -0.461. The van der Waals surface area contributed by atoms with Gasteiger partial charge < -0.3 is 4.98 Å². The number of aromatic nitrogens is 1. The van der Waals surface area contributed by atoms with E-state index in [1.54, 1.807) is 4.90 Å². The average molecular weight is 452 g/mol. The molecule has 0 spiro atoms. The van der Waals surface area contributed by atoms with Crippen LogP contribution in [0.4, 0.5) is 4.79 Å². The molecule has 0 bridgehead atoms. The average Bonchev–Trinajstić information content (AvgIpc) is 3.22. The third kappa shape index (κ3) is 2.65. The summed E-state index contributed by atoms with van der Waals surface area (Å²) < 4.78 is 0.982. The molecule has 1 fully saturated rings. The van der Waals surface area contributed by atoms with Crippen molar-refractivity contribution in [2.45, 2.75) is 44.8 Å². The molecule has 2 aromatic carbocycles. The Hall–Kier alpha value is -2.60. The molecule has 1 unspecified atom stereocenters. The molecular formula is C23H22BrN3O2. The van der Waals surface area contributed by atoms with E-state index >= 15 is 0 Å². The Labute approximate surface area is 177 Å². The first kappa shape index (κ1) is 18.4. The monoisotopic (exact) mass is 451 g/mol. The summed E-state index contributed by atoms with van der Waals surface area (Å²) in [6.07, 6.45) is 1.29. The van der Waals surface area contributed by atoms with E-state index in [2.05, 4.69) is 27.0 Å². The number of para-hydroxylation sites is 1. The molecule has 3 atom stereocenters. The Kier molecular flexibility index (Phi) is 4.28. The summed E-state index contributed by atoms with van der Waals surface area (Å²) in [7, 11) is 0. The molecule has 1 aromatic heterocycles. The predicted molar refractivity (Wildman–Crippen MR) is 116 cm³/mol. The van der Waals surface area contributed by atoms with Crippen LogP contribution in [0.2, 0.25) is 0 Å². The number of nitrogens with one attached hydrogen (secondary N) is 1. The Balaban J connectivity index is 1.72. The Morgan fingerprint density at radius 2 is 1.86 bits per heavy atom. The minimum absolute atomic E-state index is 0.0811. The molecule has 0 saturated carbocycles. The lowest BCUT2D eigenvalue weighted by molar-refractivity contribution is -0.129. The molecule has 3 aromatic rings. The normalized spacial score (nSPS) is 22.2. The van der Waals surface area contributed by atoms with Crippen molar-refractivity contribution in [3.05, 3.63) is 69.8 Å². The summed E-state index contributed by atoms with van der Waals surface area (Å²) >= 11 is 3.49. The fourth-order valence-electron chi connectivity index (χ4n) is 4.67. The van der Waals surface area contributed by atoms with Gasteiger partial charge in [0.15, 0.2) is 0 Å². The number of hydrogen-bond acceptors (Lipinski definition) is 2. The lowest BCUT2D eigenvalue weighted by Gasteiger charge is -2.36. The number of aromatic amines is 1. The maximum atomic E-state index is 13.4. The van der Waals surface area contributed by atoms with Gasteiger partial charge in [0.05, 0.1) is 0 Å². The first-order valence-corrected chi connectivity index (χ1v) is 10.8. The Bertz CT molecular complexity index is 1120. The van der Waals surface area contributed by atoms with Crippen molar-refractivity contribution in [3.8, 4) is 0 Å². The number of amides is 3. The maximum Gasteiger partial charge on any atom is 0.328 e. The third-order valence-electron chi connectivity index (χ3n) is 6.30. The fraction of sp³-hybridized carbons (Fsp3) is 0.304. The third-order valence-corrected chi connectivity index (χ3v) is 6.83. The topological polar surface area (TPSA) is 56.4 Å². The molecule has 3 heterocycles. The number of carbonyl (C=O) groups excluding carboxylic acids is 2.